The average Bonchev–Trinajstić information content (AvgIpc) is 2.59. The van der Waals surface area contributed by atoms with Crippen LogP contribution >= 0.6 is 0 Å². The summed E-state index contributed by atoms with van der Waals surface area (Å²) in [6.45, 7) is 1.56. The fourth-order valence-electron chi connectivity index (χ4n) is 2.14. The number of benzene rings is 1. The van der Waals surface area contributed by atoms with Crippen molar-refractivity contribution in [2.45, 2.75) is 25.3 Å². The van der Waals surface area contributed by atoms with Gasteiger partial charge in [0.2, 0.25) is 5.91 Å². The number of aryl methyl sites for hydroxylation is 1. The molecule has 86 valence electrons. The van der Waals surface area contributed by atoms with Crippen molar-refractivity contribution in [3.8, 4) is 0 Å². The summed E-state index contributed by atoms with van der Waals surface area (Å²) in [5, 5.41) is 0. The van der Waals surface area contributed by atoms with Crippen LogP contribution in [0.3, 0.4) is 0 Å². The van der Waals surface area contributed by atoms with Gasteiger partial charge in [0, 0.05) is 25.6 Å². The van der Waals surface area contributed by atoms with Crippen molar-refractivity contribution in [3.05, 3.63) is 35.9 Å². The van der Waals surface area contributed by atoms with Gasteiger partial charge in [-0.1, -0.05) is 30.3 Å². The van der Waals surface area contributed by atoms with Crippen LogP contribution < -0.4 is 5.73 Å². The van der Waals surface area contributed by atoms with Crippen LogP contribution in [0.15, 0.2) is 30.3 Å². The second-order valence-corrected chi connectivity index (χ2v) is 4.39. The Labute approximate surface area is 96.2 Å². The Morgan fingerprint density at radius 2 is 2.06 bits per heavy atom. The quantitative estimate of drug-likeness (QED) is 0.825. The summed E-state index contributed by atoms with van der Waals surface area (Å²) in [5.74, 6) is 0.209. The number of likely N-dealkylation sites (tertiary alicyclic amines) is 1. The van der Waals surface area contributed by atoms with E-state index in [0.717, 1.165) is 25.9 Å². The number of carbonyl (C=O) groups is 1. The van der Waals surface area contributed by atoms with E-state index < -0.39 is 0 Å². The number of carbonyl (C=O) groups excluding carboxylic acids is 1. The van der Waals surface area contributed by atoms with Crippen LogP contribution in [0.4, 0.5) is 0 Å². The van der Waals surface area contributed by atoms with Gasteiger partial charge in [-0.25, -0.2) is 0 Å². The zero-order chi connectivity index (χ0) is 11.4. The fraction of sp³-hybridized carbons (Fsp3) is 0.462. The molecule has 2 N–H and O–H groups in total. The maximum absolute atomic E-state index is 11.5. The molecule has 0 unspecified atom stereocenters. The van der Waals surface area contributed by atoms with Gasteiger partial charge < -0.3 is 10.6 Å². The molecular formula is C13H18N2O. The molecule has 0 aromatic heterocycles. The standard InChI is InChI=1S/C13H18N2O/c14-12-9-13(16)15(10-12)8-4-7-11-5-2-1-3-6-11/h1-3,5-6,12H,4,7-10,14H2/t12-/m1/s1. The van der Waals surface area contributed by atoms with Gasteiger partial charge >= 0.3 is 0 Å². The first-order valence-electron chi connectivity index (χ1n) is 5.83. The number of amides is 1. The van der Waals surface area contributed by atoms with Crippen molar-refractivity contribution in [2.75, 3.05) is 13.1 Å². The highest BCUT2D eigenvalue weighted by Crippen LogP contribution is 2.10. The fourth-order valence-corrected chi connectivity index (χ4v) is 2.14. The Morgan fingerprint density at radius 3 is 2.69 bits per heavy atom. The minimum absolute atomic E-state index is 0.0456. The molecule has 16 heavy (non-hydrogen) atoms. The largest absolute Gasteiger partial charge is 0.341 e. The first-order chi connectivity index (χ1) is 7.75. The lowest BCUT2D eigenvalue weighted by Crippen LogP contribution is -2.29. The predicted octanol–water partition coefficient (Wildman–Crippen LogP) is 1.18. The number of nitrogens with zero attached hydrogens (tertiary/aromatic N) is 1. The molecule has 0 aliphatic carbocycles. The van der Waals surface area contributed by atoms with E-state index in [1.165, 1.54) is 5.56 Å². The van der Waals surface area contributed by atoms with Crippen LogP contribution in [0.25, 0.3) is 0 Å². The minimum atomic E-state index is 0.0456. The third-order valence-corrected chi connectivity index (χ3v) is 2.98. The molecule has 1 atom stereocenters. The van der Waals surface area contributed by atoms with Gasteiger partial charge in [-0.3, -0.25) is 4.79 Å². The lowest BCUT2D eigenvalue weighted by atomic mass is 10.1. The summed E-state index contributed by atoms with van der Waals surface area (Å²) >= 11 is 0. The van der Waals surface area contributed by atoms with Gasteiger partial charge in [0.1, 0.15) is 0 Å². The first kappa shape index (κ1) is 11.1. The molecular weight excluding hydrogens is 200 g/mol. The minimum Gasteiger partial charge on any atom is -0.341 e. The van der Waals surface area contributed by atoms with E-state index in [1.54, 1.807) is 0 Å². The third-order valence-electron chi connectivity index (χ3n) is 2.98. The topological polar surface area (TPSA) is 46.3 Å². The van der Waals surface area contributed by atoms with E-state index in [-0.39, 0.29) is 11.9 Å². The summed E-state index contributed by atoms with van der Waals surface area (Å²) < 4.78 is 0. The Kier molecular flexibility index (Phi) is 3.57. The van der Waals surface area contributed by atoms with Crippen molar-refractivity contribution >= 4 is 5.91 Å². The Hall–Kier alpha value is -1.35. The smallest absolute Gasteiger partial charge is 0.224 e. The number of hydrogen-bond acceptors (Lipinski definition) is 2. The van der Waals surface area contributed by atoms with E-state index >= 15 is 0 Å². The van der Waals surface area contributed by atoms with Crippen LogP contribution in [-0.2, 0) is 11.2 Å². The predicted molar refractivity (Wildman–Crippen MR) is 63.9 cm³/mol. The van der Waals surface area contributed by atoms with Gasteiger partial charge in [0.15, 0.2) is 0 Å². The monoisotopic (exact) mass is 218 g/mol. The third kappa shape index (κ3) is 2.83. The maximum Gasteiger partial charge on any atom is 0.224 e. The molecule has 0 saturated carbocycles. The van der Waals surface area contributed by atoms with E-state index in [0.29, 0.717) is 6.42 Å². The Balaban J connectivity index is 1.74. The Morgan fingerprint density at radius 1 is 1.31 bits per heavy atom. The number of rotatable bonds is 4. The SMILES string of the molecule is N[C@@H]1CC(=O)N(CCCc2ccccc2)C1. The summed E-state index contributed by atoms with van der Waals surface area (Å²) in [5.41, 5.74) is 7.07. The lowest BCUT2D eigenvalue weighted by Gasteiger charge is -2.15. The van der Waals surface area contributed by atoms with E-state index in [9.17, 15) is 4.79 Å². The van der Waals surface area contributed by atoms with Gasteiger partial charge in [0.05, 0.1) is 0 Å². The van der Waals surface area contributed by atoms with Crippen molar-refractivity contribution in [1.29, 1.82) is 0 Å². The van der Waals surface area contributed by atoms with E-state index in [1.807, 2.05) is 23.1 Å². The number of hydrogen-bond donors (Lipinski definition) is 1. The zero-order valence-corrected chi connectivity index (χ0v) is 9.43. The maximum atomic E-state index is 11.5. The van der Waals surface area contributed by atoms with Crippen LogP contribution in [-0.4, -0.2) is 29.9 Å². The summed E-state index contributed by atoms with van der Waals surface area (Å²) in [6.07, 6.45) is 2.56. The highest BCUT2D eigenvalue weighted by Gasteiger charge is 2.25. The summed E-state index contributed by atoms with van der Waals surface area (Å²) in [6, 6.07) is 10.4. The summed E-state index contributed by atoms with van der Waals surface area (Å²) in [7, 11) is 0. The lowest BCUT2D eigenvalue weighted by molar-refractivity contribution is -0.127. The Bertz CT molecular complexity index is 350. The molecule has 0 spiro atoms. The molecule has 3 nitrogen and oxygen atoms in total. The molecule has 0 bridgehead atoms. The highest BCUT2D eigenvalue weighted by atomic mass is 16.2. The van der Waals surface area contributed by atoms with Gasteiger partial charge in [-0.05, 0) is 18.4 Å². The second kappa shape index (κ2) is 5.12. The van der Waals surface area contributed by atoms with E-state index in [2.05, 4.69) is 12.1 Å². The van der Waals surface area contributed by atoms with Crippen LogP contribution in [0.2, 0.25) is 0 Å². The molecule has 0 radical (unpaired) electrons. The second-order valence-electron chi connectivity index (χ2n) is 4.39. The molecule has 1 aromatic carbocycles. The normalized spacial score (nSPS) is 20.4. The van der Waals surface area contributed by atoms with Crippen molar-refractivity contribution in [1.82, 2.24) is 4.90 Å². The molecule has 1 saturated heterocycles. The molecule has 1 amide bonds. The molecule has 1 aliphatic heterocycles. The molecule has 1 fully saturated rings. The molecule has 1 aliphatic rings. The zero-order valence-electron chi connectivity index (χ0n) is 9.43. The van der Waals surface area contributed by atoms with Crippen LogP contribution in [0.1, 0.15) is 18.4 Å². The molecule has 1 heterocycles. The van der Waals surface area contributed by atoms with Gasteiger partial charge in [-0.2, -0.15) is 0 Å². The summed E-state index contributed by atoms with van der Waals surface area (Å²) in [4.78, 5) is 13.4. The first-order valence-corrected chi connectivity index (χ1v) is 5.83. The van der Waals surface area contributed by atoms with Crippen LogP contribution in [0.5, 0.6) is 0 Å². The van der Waals surface area contributed by atoms with Crippen molar-refractivity contribution < 1.29 is 4.79 Å². The van der Waals surface area contributed by atoms with E-state index in [4.69, 9.17) is 5.73 Å². The average molecular weight is 218 g/mol. The molecule has 1 aromatic rings. The molecule has 2 rings (SSSR count). The van der Waals surface area contributed by atoms with Crippen LogP contribution in [0, 0.1) is 0 Å². The highest BCUT2D eigenvalue weighted by molar-refractivity contribution is 5.79. The number of nitrogens with two attached hydrogens (primary N) is 1. The van der Waals surface area contributed by atoms with Crippen molar-refractivity contribution in [2.24, 2.45) is 5.73 Å². The van der Waals surface area contributed by atoms with Crippen molar-refractivity contribution in [3.63, 3.8) is 0 Å². The van der Waals surface area contributed by atoms with Gasteiger partial charge in [0.25, 0.3) is 0 Å². The van der Waals surface area contributed by atoms with Gasteiger partial charge in [-0.15, -0.1) is 0 Å². The molecule has 3 heteroatoms.